The maximum Gasteiger partial charge on any atom is 0.329 e. The second-order valence-electron chi connectivity index (χ2n) is 11.1. The molecule has 2 N–H and O–H groups in total. The van der Waals surface area contributed by atoms with E-state index in [0.717, 1.165) is 12.8 Å². The zero-order chi connectivity index (χ0) is 30.6. The number of aryl methyl sites for hydroxylation is 1. The molecule has 0 aromatic carbocycles. The van der Waals surface area contributed by atoms with E-state index in [-0.39, 0.29) is 15.7 Å². The number of anilines is 1. The third-order valence-corrected chi connectivity index (χ3v) is 9.03. The van der Waals surface area contributed by atoms with Crippen molar-refractivity contribution in [2.45, 2.75) is 51.5 Å². The molecule has 11 nitrogen and oxygen atoms in total. The van der Waals surface area contributed by atoms with Gasteiger partial charge in [0.2, 0.25) is 10.0 Å². The highest BCUT2D eigenvalue weighted by molar-refractivity contribution is 7.92. The summed E-state index contributed by atoms with van der Waals surface area (Å²) < 4.78 is 75.5. The van der Waals surface area contributed by atoms with E-state index in [1.807, 2.05) is 17.6 Å². The summed E-state index contributed by atoms with van der Waals surface area (Å²) in [5, 5.41) is 6.48. The molecule has 0 bridgehead atoms. The Kier molecular flexibility index (Phi) is 7.49. The fraction of sp³-hybridized carbons (Fsp3) is 0.464. The number of pyridine rings is 2. The van der Waals surface area contributed by atoms with Gasteiger partial charge in [0, 0.05) is 30.1 Å². The molecule has 1 aliphatic carbocycles. The van der Waals surface area contributed by atoms with Crippen LogP contribution in [0.15, 0.2) is 30.3 Å². The zero-order valence-corrected chi connectivity index (χ0v) is 24.7. The van der Waals surface area contributed by atoms with Gasteiger partial charge in [-0.2, -0.15) is 13.1 Å². The predicted molar refractivity (Wildman–Crippen MR) is 155 cm³/mol. The number of sulfonamides is 1. The van der Waals surface area contributed by atoms with Crippen LogP contribution in [0.5, 0.6) is 5.88 Å². The van der Waals surface area contributed by atoms with Crippen LogP contribution in [0, 0.1) is 12.8 Å². The number of ether oxygens (including phenoxy) is 1. The lowest BCUT2D eigenvalue weighted by molar-refractivity contribution is 0.0892. The fourth-order valence-corrected chi connectivity index (χ4v) is 6.35. The number of rotatable bonds is 9. The molecule has 1 saturated carbocycles. The third-order valence-electron chi connectivity index (χ3n) is 7.97. The molecule has 2 fully saturated rings. The van der Waals surface area contributed by atoms with Crippen molar-refractivity contribution in [3.05, 3.63) is 41.6 Å². The van der Waals surface area contributed by atoms with E-state index in [2.05, 4.69) is 15.6 Å². The van der Waals surface area contributed by atoms with Gasteiger partial charge in [-0.05, 0) is 62.9 Å². The predicted octanol–water partition coefficient (Wildman–Crippen LogP) is 3.50. The average molecular weight is 620 g/mol. The second-order valence-corrected chi connectivity index (χ2v) is 13.0. The number of amides is 1. The number of carbonyl (C=O) groups excluding carboxylic acids is 1. The number of aromatic nitrogens is 4. The van der Waals surface area contributed by atoms with Crippen molar-refractivity contribution < 1.29 is 31.1 Å². The monoisotopic (exact) mass is 619 g/mol. The number of hydrogen-bond acceptors (Lipinski definition) is 7. The SMILES string of the molecule is COc1cc(C(=O)N[C@H]2CNCC[C@H]2F)cc2nc(-c3cc4ccc(N(C(F)F)S(C)(=O)=O)nc4n3CC3CC3)c(C)n12. The number of carbonyl (C=O) groups is 1. The van der Waals surface area contributed by atoms with Crippen LogP contribution in [-0.4, -0.2) is 78.5 Å². The Morgan fingerprint density at radius 1 is 1.21 bits per heavy atom. The molecule has 4 aromatic heterocycles. The minimum absolute atomic E-state index is 0.00267. The molecule has 1 saturated heterocycles. The van der Waals surface area contributed by atoms with Gasteiger partial charge in [-0.1, -0.05) is 0 Å². The normalized spacial score (nSPS) is 19.3. The lowest BCUT2D eigenvalue weighted by Crippen LogP contribution is -2.52. The number of nitrogens with one attached hydrogen (secondary N) is 2. The van der Waals surface area contributed by atoms with Crippen molar-refractivity contribution in [2.75, 3.05) is 30.8 Å². The molecule has 1 amide bonds. The summed E-state index contributed by atoms with van der Waals surface area (Å²) in [4.78, 5) is 22.4. The van der Waals surface area contributed by atoms with Gasteiger partial charge in [-0.25, -0.2) is 22.8 Å². The van der Waals surface area contributed by atoms with E-state index in [9.17, 15) is 26.4 Å². The maximum absolute atomic E-state index is 14.4. The molecule has 0 radical (unpaired) electrons. The van der Waals surface area contributed by atoms with Crippen LogP contribution < -0.4 is 19.7 Å². The summed E-state index contributed by atoms with van der Waals surface area (Å²) in [6.07, 6.45) is 1.87. The first-order chi connectivity index (χ1) is 20.5. The van der Waals surface area contributed by atoms with Crippen LogP contribution in [-0.2, 0) is 16.6 Å². The van der Waals surface area contributed by atoms with Crippen molar-refractivity contribution in [1.82, 2.24) is 29.6 Å². The molecule has 5 heterocycles. The summed E-state index contributed by atoms with van der Waals surface area (Å²) in [5.41, 5.74) is 2.97. The van der Waals surface area contributed by atoms with E-state index in [1.165, 1.54) is 13.2 Å². The first-order valence-corrected chi connectivity index (χ1v) is 15.8. The molecule has 230 valence electrons. The van der Waals surface area contributed by atoms with Crippen LogP contribution in [0.25, 0.3) is 28.1 Å². The van der Waals surface area contributed by atoms with E-state index in [0.29, 0.717) is 77.9 Å². The standard InChI is InChI=1S/C28H32F3N7O4S/c1-15-25(34-23-11-18(12-24(42-2)37(15)23)27(39)33-20-13-32-9-8-19(20)29)21-10-17-6-7-22(38(28(30)31)43(3,40)41)35-26(17)36(21)14-16-4-5-16/h6-7,10-12,16,19-20,28,32H,4-5,8-9,13-14H2,1-3H3,(H,33,39)/t19-,20+/m1/s1. The van der Waals surface area contributed by atoms with Crippen molar-refractivity contribution in [2.24, 2.45) is 5.92 Å². The van der Waals surface area contributed by atoms with Crippen LogP contribution >= 0.6 is 0 Å². The van der Waals surface area contributed by atoms with Crippen LogP contribution in [0.2, 0.25) is 0 Å². The minimum Gasteiger partial charge on any atom is -0.482 e. The number of piperidine rings is 1. The molecule has 2 aliphatic rings. The minimum atomic E-state index is -4.29. The van der Waals surface area contributed by atoms with Crippen LogP contribution in [0.3, 0.4) is 0 Å². The molecule has 15 heteroatoms. The van der Waals surface area contributed by atoms with E-state index < -0.39 is 34.7 Å². The molecule has 2 atom stereocenters. The van der Waals surface area contributed by atoms with Gasteiger partial charge < -0.3 is 19.9 Å². The van der Waals surface area contributed by atoms with Gasteiger partial charge in [0.05, 0.1) is 30.8 Å². The third kappa shape index (κ3) is 5.51. The van der Waals surface area contributed by atoms with Crippen molar-refractivity contribution >= 4 is 38.4 Å². The number of imidazole rings is 1. The number of nitrogens with zero attached hydrogens (tertiary/aromatic N) is 5. The van der Waals surface area contributed by atoms with Gasteiger partial charge >= 0.3 is 6.55 Å². The van der Waals surface area contributed by atoms with Crippen molar-refractivity contribution in [3.8, 4) is 17.3 Å². The molecule has 0 unspecified atom stereocenters. The summed E-state index contributed by atoms with van der Waals surface area (Å²) in [5.74, 6) is -0.118. The molecule has 4 aromatic rings. The quantitative estimate of drug-likeness (QED) is 0.275. The van der Waals surface area contributed by atoms with Crippen molar-refractivity contribution in [1.29, 1.82) is 0 Å². The number of alkyl halides is 3. The maximum atomic E-state index is 14.4. The summed E-state index contributed by atoms with van der Waals surface area (Å²) >= 11 is 0. The van der Waals surface area contributed by atoms with Gasteiger partial charge in [0.1, 0.15) is 29.0 Å². The first-order valence-electron chi connectivity index (χ1n) is 14.0. The zero-order valence-electron chi connectivity index (χ0n) is 23.8. The topological polar surface area (TPSA) is 123 Å². The lowest BCUT2D eigenvalue weighted by atomic mass is 10.0. The van der Waals surface area contributed by atoms with Crippen LogP contribution in [0.1, 0.15) is 35.3 Å². The largest absolute Gasteiger partial charge is 0.482 e. The Bertz CT molecular complexity index is 1820. The Balaban J connectivity index is 1.45. The first kappa shape index (κ1) is 29.2. The molecule has 1 aliphatic heterocycles. The fourth-order valence-electron chi connectivity index (χ4n) is 5.61. The molecule has 6 rings (SSSR count). The molecule has 0 spiro atoms. The van der Waals surface area contributed by atoms with E-state index >= 15 is 0 Å². The highest BCUT2D eigenvalue weighted by Crippen LogP contribution is 2.38. The van der Waals surface area contributed by atoms with E-state index in [1.54, 1.807) is 22.6 Å². The Morgan fingerprint density at radius 2 is 1.98 bits per heavy atom. The molecular weight excluding hydrogens is 587 g/mol. The molecule has 43 heavy (non-hydrogen) atoms. The van der Waals surface area contributed by atoms with Crippen molar-refractivity contribution in [3.63, 3.8) is 0 Å². The highest BCUT2D eigenvalue weighted by atomic mass is 32.2. The number of halogens is 3. The Hall–Kier alpha value is -3.85. The second kappa shape index (κ2) is 11.0. The lowest BCUT2D eigenvalue weighted by Gasteiger charge is -2.27. The number of methoxy groups -OCH3 is 1. The van der Waals surface area contributed by atoms with Gasteiger partial charge in [-0.15, -0.1) is 0 Å². The van der Waals surface area contributed by atoms with E-state index in [4.69, 9.17) is 9.72 Å². The Labute approximate surface area is 246 Å². The number of hydrogen-bond donors (Lipinski definition) is 2. The average Bonchev–Trinajstić information content (AvgIpc) is 3.62. The summed E-state index contributed by atoms with van der Waals surface area (Å²) in [6, 6.07) is 7.19. The van der Waals surface area contributed by atoms with Gasteiger partial charge in [0.25, 0.3) is 5.91 Å². The van der Waals surface area contributed by atoms with Gasteiger partial charge in [-0.3, -0.25) is 9.20 Å². The Morgan fingerprint density at radius 3 is 2.63 bits per heavy atom. The van der Waals surface area contributed by atoms with Crippen LogP contribution in [0.4, 0.5) is 19.0 Å². The highest BCUT2D eigenvalue weighted by Gasteiger charge is 2.31. The summed E-state index contributed by atoms with van der Waals surface area (Å²) in [7, 11) is -2.81. The number of fused-ring (bicyclic) bond motifs is 2. The summed E-state index contributed by atoms with van der Waals surface area (Å²) in [6.45, 7) is -0.0183. The smallest absolute Gasteiger partial charge is 0.329 e. The van der Waals surface area contributed by atoms with Gasteiger partial charge in [0.15, 0.2) is 5.88 Å². The molecular formula is C28H32F3N7O4S.